The zero-order chi connectivity index (χ0) is 13.0. The van der Waals surface area contributed by atoms with Gasteiger partial charge in [0.1, 0.15) is 11.5 Å². The van der Waals surface area contributed by atoms with Crippen LogP contribution in [0.25, 0.3) is 17.6 Å². The lowest BCUT2D eigenvalue weighted by atomic mass is 10.2. The van der Waals surface area contributed by atoms with Crippen LogP contribution in [0, 0.1) is 0 Å². The van der Waals surface area contributed by atoms with Crippen molar-refractivity contribution in [3.63, 3.8) is 0 Å². The van der Waals surface area contributed by atoms with Crippen LogP contribution in [0.3, 0.4) is 0 Å². The predicted molar refractivity (Wildman–Crippen MR) is 74.1 cm³/mol. The van der Waals surface area contributed by atoms with Crippen molar-refractivity contribution < 1.29 is 0 Å². The zero-order valence-corrected chi connectivity index (χ0v) is 10.6. The predicted octanol–water partition coefficient (Wildman–Crippen LogP) is 3.00. The second-order valence-corrected chi connectivity index (χ2v) is 4.22. The Labute approximate surface area is 107 Å². The maximum absolute atomic E-state index is 4.50. The van der Waals surface area contributed by atoms with E-state index < -0.39 is 0 Å². The lowest BCUT2D eigenvalue weighted by Crippen LogP contribution is -2.13. The van der Waals surface area contributed by atoms with Gasteiger partial charge in [0, 0.05) is 24.0 Å². The van der Waals surface area contributed by atoms with Crippen molar-refractivity contribution in [1.82, 2.24) is 15.0 Å². The smallest absolute Gasteiger partial charge is 0.180 e. The number of rotatable bonds is 4. The van der Waals surface area contributed by atoms with Crippen LogP contribution in [0.2, 0.25) is 0 Å². The third kappa shape index (κ3) is 2.71. The lowest BCUT2D eigenvalue weighted by Gasteiger charge is -2.12. The molecule has 0 aromatic carbocycles. The summed E-state index contributed by atoms with van der Waals surface area (Å²) in [4.78, 5) is 13.0. The summed E-state index contributed by atoms with van der Waals surface area (Å²) in [6, 6.07) is 5.98. The van der Waals surface area contributed by atoms with Crippen LogP contribution in [0.1, 0.15) is 19.4 Å². The quantitative estimate of drug-likeness (QED) is 0.892. The summed E-state index contributed by atoms with van der Waals surface area (Å²) in [5.74, 6) is 1.40. The molecule has 0 amide bonds. The molecule has 4 heteroatoms. The van der Waals surface area contributed by atoms with E-state index in [9.17, 15) is 0 Å². The van der Waals surface area contributed by atoms with Gasteiger partial charge in [0.2, 0.25) is 0 Å². The van der Waals surface area contributed by atoms with E-state index in [1.807, 2.05) is 18.2 Å². The molecule has 4 nitrogen and oxygen atoms in total. The molecule has 18 heavy (non-hydrogen) atoms. The fraction of sp³-hybridized carbons (Fsp3) is 0.214. The molecule has 2 heterocycles. The molecule has 0 fully saturated rings. The molecule has 0 radical (unpaired) electrons. The highest BCUT2D eigenvalue weighted by Gasteiger charge is 2.08. The van der Waals surface area contributed by atoms with Crippen molar-refractivity contribution in [3.05, 3.63) is 42.7 Å². The fourth-order valence-electron chi connectivity index (χ4n) is 1.55. The highest BCUT2D eigenvalue weighted by Crippen LogP contribution is 2.18. The molecule has 0 aliphatic rings. The molecular weight excluding hydrogens is 224 g/mol. The van der Waals surface area contributed by atoms with Crippen LogP contribution in [-0.4, -0.2) is 21.0 Å². The average Bonchev–Trinajstić information content (AvgIpc) is 2.39. The Kier molecular flexibility index (Phi) is 3.67. The minimum Gasteiger partial charge on any atom is -0.367 e. The first-order chi connectivity index (χ1) is 8.70. The first kappa shape index (κ1) is 12.2. The van der Waals surface area contributed by atoms with Crippen LogP contribution < -0.4 is 5.32 Å². The van der Waals surface area contributed by atoms with Gasteiger partial charge in [0.05, 0.1) is 0 Å². The topological polar surface area (TPSA) is 50.7 Å². The van der Waals surface area contributed by atoms with Gasteiger partial charge in [0.15, 0.2) is 5.82 Å². The molecule has 0 unspecified atom stereocenters. The Morgan fingerprint density at radius 3 is 2.72 bits per heavy atom. The van der Waals surface area contributed by atoms with E-state index in [4.69, 9.17) is 0 Å². The Balaban J connectivity index is 2.42. The van der Waals surface area contributed by atoms with Gasteiger partial charge in [-0.2, -0.15) is 0 Å². The molecular formula is C14H16N4. The van der Waals surface area contributed by atoms with Crippen molar-refractivity contribution in [1.29, 1.82) is 0 Å². The van der Waals surface area contributed by atoms with E-state index in [-0.39, 0.29) is 0 Å². The van der Waals surface area contributed by atoms with Crippen LogP contribution >= 0.6 is 0 Å². The van der Waals surface area contributed by atoms with Crippen molar-refractivity contribution in [2.45, 2.75) is 19.9 Å². The summed E-state index contributed by atoms with van der Waals surface area (Å²) >= 11 is 0. The van der Waals surface area contributed by atoms with Gasteiger partial charge in [-0.3, -0.25) is 4.98 Å². The summed E-state index contributed by atoms with van der Waals surface area (Å²) < 4.78 is 0. The number of hydrogen-bond acceptors (Lipinski definition) is 4. The fourth-order valence-corrected chi connectivity index (χ4v) is 1.55. The van der Waals surface area contributed by atoms with Gasteiger partial charge in [-0.25, -0.2) is 9.97 Å². The van der Waals surface area contributed by atoms with Gasteiger partial charge in [-0.1, -0.05) is 18.7 Å². The molecule has 2 aromatic heterocycles. The maximum atomic E-state index is 4.50. The summed E-state index contributed by atoms with van der Waals surface area (Å²) in [5, 5.41) is 3.28. The monoisotopic (exact) mass is 240 g/mol. The van der Waals surface area contributed by atoms with Crippen LogP contribution in [-0.2, 0) is 0 Å². The number of anilines is 1. The summed E-state index contributed by atoms with van der Waals surface area (Å²) in [7, 11) is 0. The van der Waals surface area contributed by atoms with Gasteiger partial charge in [0.25, 0.3) is 0 Å². The van der Waals surface area contributed by atoms with E-state index in [1.54, 1.807) is 18.5 Å². The number of pyridine rings is 1. The third-order valence-corrected chi connectivity index (χ3v) is 2.36. The number of hydrogen-bond donors (Lipinski definition) is 1. The van der Waals surface area contributed by atoms with Crippen LogP contribution in [0.5, 0.6) is 0 Å². The largest absolute Gasteiger partial charge is 0.367 e. The number of nitrogens with one attached hydrogen (secondary N) is 1. The molecule has 0 saturated carbocycles. The third-order valence-electron chi connectivity index (χ3n) is 2.36. The Morgan fingerprint density at radius 1 is 1.28 bits per heavy atom. The standard InChI is InChI=1S/C14H16N4/c1-4-11-9-16-14(12-7-5-6-8-15-12)18-13(11)17-10(2)3/h4-10H,1H2,2-3H3,(H,16,17,18). The summed E-state index contributed by atoms with van der Waals surface area (Å²) in [6.07, 6.45) is 5.23. The van der Waals surface area contributed by atoms with Gasteiger partial charge in [-0.15, -0.1) is 0 Å². The molecule has 92 valence electrons. The molecule has 2 rings (SSSR count). The van der Waals surface area contributed by atoms with Gasteiger partial charge >= 0.3 is 0 Å². The second kappa shape index (κ2) is 5.40. The molecule has 0 saturated heterocycles. The molecule has 0 aliphatic heterocycles. The molecule has 0 aliphatic carbocycles. The molecule has 0 bridgehead atoms. The van der Waals surface area contributed by atoms with E-state index in [2.05, 4.69) is 40.7 Å². The van der Waals surface area contributed by atoms with E-state index >= 15 is 0 Å². The zero-order valence-electron chi connectivity index (χ0n) is 10.6. The number of aromatic nitrogens is 3. The van der Waals surface area contributed by atoms with Crippen molar-refractivity contribution in [2.24, 2.45) is 0 Å². The summed E-state index contributed by atoms with van der Waals surface area (Å²) in [6.45, 7) is 7.90. The van der Waals surface area contributed by atoms with E-state index in [0.29, 0.717) is 11.9 Å². The normalized spacial score (nSPS) is 10.4. The summed E-state index contributed by atoms with van der Waals surface area (Å²) in [5.41, 5.74) is 1.66. The Hall–Kier alpha value is -2.23. The minimum atomic E-state index is 0.301. The maximum Gasteiger partial charge on any atom is 0.180 e. The first-order valence-corrected chi connectivity index (χ1v) is 5.88. The Bertz CT molecular complexity index is 535. The van der Waals surface area contributed by atoms with Crippen molar-refractivity contribution in [3.8, 4) is 11.5 Å². The SMILES string of the molecule is C=Cc1cnc(-c2ccccn2)nc1NC(C)C. The lowest BCUT2D eigenvalue weighted by molar-refractivity contribution is 0.885. The van der Waals surface area contributed by atoms with Crippen LogP contribution in [0.4, 0.5) is 5.82 Å². The molecule has 1 N–H and O–H groups in total. The first-order valence-electron chi connectivity index (χ1n) is 5.88. The van der Waals surface area contributed by atoms with Gasteiger partial charge in [-0.05, 0) is 26.0 Å². The van der Waals surface area contributed by atoms with Crippen molar-refractivity contribution in [2.75, 3.05) is 5.32 Å². The van der Waals surface area contributed by atoms with E-state index in [0.717, 1.165) is 17.1 Å². The number of nitrogens with zero attached hydrogens (tertiary/aromatic N) is 3. The molecule has 0 spiro atoms. The highest BCUT2D eigenvalue weighted by atomic mass is 15.1. The van der Waals surface area contributed by atoms with E-state index in [1.165, 1.54) is 0 Å². The van der Waals surface area contributed by atoms with Crippen LogP contribution in [0.15, 0.2) is 37.2 Å². The Morgan fingerprint density at radius 2 is 2.11 bits per heavy atom. The van der Waals surface area contributed by atoms with Gasteiger partial charge < -0.3 is 5.32 Å². The van der Waals surface area contributed by atoms with Crippen molar-refractivity contribution >= 4 is 11.9 Å². The molecule has 2 aromatic rings. The average molecular weight is 240 g/mol. The highest BCUT2D eigenvalue weighted by molar-refractivity contribution is 5.64. The second-order valence-electron chi connectivity index (χ2n) is 4.22. The minimum absolute atomic E-state index is 0.301. The molecule has 0 atom stereocenters.